The molecule has 1 saturated heterocycles. The lowest BCUT2D eigenvalue weighted by molar-refractivity contribution is -0.274. The lowest BCUT2D eigenvalue weighted by Gasteiger charge is -2.34. The Balaban J connectivity index is 1.57. The van der Waals surface area contributed by atoms with Gasteiger partial charge in [-0.3, -0.25) is 4.90 Å². The summed E-state index contributed by atoms with van der Waals surface area (Å²) >= 11 is 0. The predicted molar refractivity (Wildman–Crippen MR) is 93.6 cm³/mol. The Hall–Kier alpha value is -2.17. The van der Waals surface area contributed by atoms with Crippen molar-refractivity contribution in [3.63, 3.8) is 0 Å². The smallest absolute Gasteiger partial charge is 0.406 e. The number of nitrogens with zero attached hydrogens (tertiary/aromatic N) is 2. The van der Waals surface area contributed by atoms with E-state index in [1.807, 2.05) is 4.90 Å². The highest BCUT2D eigenvalue weighted by Gasteiger charge is 2.31. The first kappa shape index (κ1) is 20.6. The zero-order valence-corrected chi connectivity index (χ0v) is 15.5. The number of ether oxygens (including phenoxy) is 1. The van der Waals surface area contributed by atoms with Gasteiger partial charge in [-0.05, 0) is 35.9 Å². The molecule has 10 heteroatoms. The second-order valence-electron chi connectivity index (χ2n) is 6.33. The van der Waals surface area contributed by atoms with Crippen molar-refractivity contribution < 1.29 is 30.7 Å². The third-order valence-electron chi connectivity index (χ3n) is 4.33. The molecule has 0 atom stereocenters. The molecule has 0 radical (unpaired) electrons. The maximum Gasteiger partial charge on any atom is 0.573 e. The van der Waals surface area contributed by atoms with E-state index in [-0.39, 0.29) is 23.7 Å². The third kappa shape index (κ3) is 5.21. The van der Waals surface area contributed by atoms with Crippen LogP contribution < -0.4 is 4.74 Å². The van der Waals surface area contributed by atoms with Crippen LogP contribution in [0.25, 0.3) is 0 Å². The molecule has 152 valence electrons. The van der Waals surface area contributed by atoms with Crippen LogP contribution >= 0.6 is 0 Å². The van der Waals surface area contributed by atoms with Gasteiger partial charge in [0, 0.05) is 32.7 Å². The molecule has 0 amide bonds. The van der Waals surface area contributed by atoms with Crippen molar-refractivity contribution in [2.75, 3.05) is 26.2 Å². The van der Waals surface area contributed by atoms with Crippen LogP contribution in [0.2, 0.25) is 0 Å². The molecule has 0 unspecified atom stereocenters. The fourth-order valence-corrected chi connectivity index (χ4v) is 4.41. The molecule has 2 aromatic rings. The maximum atomic E-state index is 13.3. The number of piperazine rings is 1. The van der Waals surface area contributed by atoms with Gasteiger partial charge in [-0.2, -0.15) is 4.31 Å². The van der Waals surface area contributed by atoms with Crippen molar-refractivity contribution in [2.24, 2.45) is 0 Å². The molecule has 0 aromatic heterocycles. The lowest BCUT2D eigenvalue weighted by atomic mass is 10.2. The topological polar surface area (TPSA) is 49.9 Å². The molecule has 1 aliphatic heterocycles. The lowest BCUT2D eigenvalue weighted by Crippen LogP contribution is -2.48. The Kier molecular flexibility index (Phi) is 5.92. The highest BCUT2D eigenvalue weighted by Crippen LogP contribution is 2.24. The Morgan fingerprint density at radius 3 is 2.18 bits per heavy atom. The normalized spacial score (nSPS) is 16.9. The summed E-state index contributed by atoms with van der Waals surface area (Å²) in [5.74, 6) is -0.903. The van der Waals surface area contributed by atoms with E-state index in [4.69, 9.17) is 0 Å². The number of halogens is 4. The van der Waals surface area contributed by atoms with Crippen LogP contribution in [0.4, 0.5) is 17.6 Å². The molecular formula is C18H18F4N2O3S. The van der Waals surface area contributed by atoms with Crippen LogP contribution in [-0.2, 0) is 16.6 Å². The van der Waals surface area contributed by atoms with Crippen LogP contribution in [0.5, 0.6) is 5.75 Å². The molecule has 0 saturated carbocycles. The van der Waals surface area contributed by atoms with Crippen LogP contribution in [-0.4, -0.2) is 50.2 Å². The molecule has 1 fully saturated rings. The first-order valence-corrected chi connectivity index (χ1v) is 9.90. The van der Waals surface area contributed by atoms with E-state index >= 15 is 0 Å². The summed E-state index contributed by atoms with van der Waals surface area (Å²) in [7, 11) is -3.76. The van der Waals surface area contributed by atoms with Crippen molar-refractivity contribution in [1.82, 2.24) is 9.21 Å². The molecule has 1 heterocycles. The van der Waals surface area contributed by atoms with Gasteiger partial charge in [-0.25, -0.2) is 12.8 Å². The van der Waals surface area contributed by atoms with Crippen LogP contribution in [0.3, 0.4) is 0 Å². The average Bonchev–Trinajstić information content (AvgIpc) is 2.63. The number of hydrogen-bond donors (Lipinski definition) is 0. The summed E-state index contributed by atoms with van der Waals surface area (Å²) < 4.78 is 80.2. The summed E-state index contributed by atoms with van der Waals surface area (Å²) in [6, 6.07) is 10.4. The minimum absolute atomic E-state index is 0.0822. The highest BCUT2D eigenvalue weighted by atomic mass is 32.2. The molecule has 1 aliphatic rings. The van der Waals surface area contributed by atoms with E-state index in [1.54, 1.807) is 0 Å². The van der Waals surface area contributed by atoms with Crippen molar-refractivity contribution in [1.29, 1.82) is 0 Å². The molecule has 28 heavy (non-hydrogen) atoms. The average molecular weight is 418 g/mol. The highest BCUT2D eigenvalue weighted by molar-refractivity contribution is 7.89. The maximum absolute atomic E-state index is 13.3. The summed E-state index contributed by atoms with van der Waals surface area (Å²) in [6.07, 6.45) is -4.73. The fraction of sp³-hybridized carbons (Fsp3) is 0.333. The van der Waals surface area contributed by atoms with Gasteiger partial charge in [0.2, 0.25) is 10.0 Å². The standard InChI is InChI=1S/C18H18F4N2O3S/c19-15-2-1-3-17(12-15)28(25,26)24-10-8-23(9-11-24)13-14-4-6-16(7-5-14)27-18(20,21)22/h1-7,12H,8-11,13H2. The van der Waals surface area contributed by atoms with E-state index in [1.165, 1.54) is 46.8 Å². The Morgan fingerprint density at radius 1 is 0.964 bits per heavy atom. The Bertz CT molecular complexity index is 909. The zero-order valence-electron chi connectivity index (χ0n) is 14.7. The van der Waals surface area contributed by atoms with E-state index < -0.39 is 22.2 Å². The largest absolute Gasteiger partial charge is 0.573 e. The van der Waals surface area contributed by atoms with Crippen molar-refractivity contribution in [3.8, 4) is 5.75 Å². The van der Waals surface area contributed by atoms with Crippen LogP contribution in [0.15, 0.2) is 53.4 Å². The summed E-state index contributed by atoms with van der Waals surface area (Å²) in [5, 5.41) is 0. The quantitative estimate of drug-likeness (QED) is 0.700. The number of rotatable bonds is 5. The molecule has 0 spiro atoms. The Labute approximate surface area is 160 Å². The zero-order chi connectivity index (χ0) is 20.4. The van der Waals surface area contributed by atoms with Crippen molar-refractivity contribution in [3.05, 3.63) is 59.9 Å². The predicted octanol–water partition coefficient (Wildman–Crippen LogP) is 3.23. The first-order valence-electron chi connectivity index (χ1n) is 8.46. The summed E-state index contributed by atoms with van der Waals surface area (Å²) in [5.41, 5.74) is 0.788. The van der Waals surface area contributed by atoms with Gasteiger partial charge in [0.05, 0.1) is 4.90 Å². The van der Waals surface area contributed by atoms with Gasteiger partial charge in [-0.15, -0.1) is 13.2 Å². The summed E-state index contributed by atoms with van der Waals surface area (Å²) in [6.45, 7) is 1.87. The third-order valence-corrected chi connectivity index (χ3v) is 6.22. The van der Waals surface area contributed by atoms with E-state index in [9.17, 15) is 26.0 Å². The van der Waals surface area contributed by atoms with Gasteiger partial charge in [0.15, 0.2) is 0 Å². The summed E-state index contributed by atoms with van der Waals surface area (Å²) in [4.78, 5) is 1.92. The van der Waals surface area contributed by atoms with E-state index in [0.29, 0.717) is 19.6 Å². The monoisotopic (exact) mass is 418 g/mol. The number of sulfonamides is 1. The van der Waals surface area contributed by atoms with Gasteiger partial charge in [0.1, 0.15) is 11.6 Å². The second kappa shape index (κ2) is 8.06. The number of alkyl halides is 3. The van der Waals surface area contributed by atoms with Gasteiger partial charge in [0.25, 0.3) is 0 Å². The van der Waals surface area contributed by atoms with E-state index in [0.717, 1.165) is 11.6 Å². The van der Waals surface area contributed by atoms with Crippen LogP contribution in [0, 0.1) is 5.82 Å². The number of benzene rings is 2. The van der Waals surface area contributed by atoms with Crippen LogP contribution in [0.1, 0.15) is 5.56 Å². The van der Waals surface area contributed by atoms with E-state index in [2.05, 4.69) is 4.74 Å². The fourth-order valence-electron chi connectivity index (χ4n) is 2.96. The second-order valence-corrected chi connectivity index (χ2v) is 8.27. The molecule has 0 bridgehead atoms. The SMILES string of the molecule is O=S(=O)(c1cccc(F)c1)N1CCN(Cc2ccc(OC(F)(F)F)cc2)CC1. The van der Waals surface area contributed by atoms with Crippen molar-refractivity contribution in [2.45, 2.75) is 17.8 Å². The number of hydrogen-bond acceptors (Lipinski definition) is 4. The first-order chi connectivity index (χ1) is 13.1. The van der Waals surface area contributed by atoms with Gasteiger partial charge < -0.3 is 4.74 Å². The molecule has 5 nitrogen and oxygen atoms in total. The molecule has 0 N–H and O–H groups in total. The van der Waals surface area contributed by atoms with Crippen molar-refractivity contribution >= 4 is 10.0 Å². The minimum Gasteiger partial charge on any atom is -0.406 e. The minimum atomic E-state index is -4.73. The molecule has 0 aliphatic carbocycles. The van der Waals surface area contributed by atoms with Gasteiger partial charge in [-0.1, -0.05) is 18.2 Å². The Morgan fingerprint density at radius 2 is 1.61 bits per heavy atom. The molecule has 3 rings (SSSR count). The molecular weight excluding hydrogens is 400 g/mol. The van der Waals surface area contributed by atoms with Gasteiger partial charge >= 0.3 is 6.36 Å². The molecule has 2 aromatic carbocycles.